The van der Waals surface area contributed by atoms with Crippen LogP contribution in [0.15, 0.2) is 83.3 Å². The average molecular weight is 621 g/mol. The maximum Gasteiger partial charge on any atom is 0.244 e. The molecule has 10 heteroatoms. The number of rotatable bonds is 12. The van der Waals surface area contributed by atoms with Crippen LogP contribution in [0.4, 0.5) is 5.69 Å². The predicted molar refractivity (Wildman–Crippen MR) is 156 cm³/mol. The van der Waals surface area contributed by atoms with Crippen molar-refractivity contribution in [2.24, 2.45) is 0 Å². The first-order valence-corrected chi connectivity index (χ1v) is 15.2. The molecule has 2 amide bonds. The van der Waals surface area contributed by atoms with Crippen molar-refractivity contribution in [2.45, 2.75) is 32.4 Å². The average Bonchev–Trinajstić information content (AvgIpc) is 2.87. The molecule has 3 aromatic carbocycles. The van der Waals surface area contributed by atoms with Crippen LogP contribution in [0.1, 0.15) is 24.5 Å². The van der Waals surface area contributed by atoms with Gasteiger partial charge in [-0.1, -0.05) is 83.0 Å². The molecule has 0 saturated heterocycles. The second-order valence-electron chi connectivity index (χ2n) is 8.90. The molecule has 3 rings (SSSR count). The van der Waals surface area contributed by atoms with Crippen LogP contribution in [0.2, 0.25) is 5.02 Å². The van der Waals surface area contributed by atoms with E-state index >= 15 is 0 Å². The summed E-state index contributed by atoms with van der Waals surface area (Å²) in [4.78, 5) is 28.9. The first-order valence-electron chi connectivity index (χ1n) is 12.2. The van der Waals surface area contributed by atoms with Crippen molar-refractivity contribution in [1.82, 2.24) is 10.2 Å². The highest BCUT2D eigenvalue weighted by molar-refractivity contribution is 9.10. The Morgan fingerprint density at radius 2 is 1.66 bits per heavy atom. The minimum absolute atomic E-state index is 0.114. The predicted octanol–water partition coefficient (Wildman–Crippen LogP) is 5.03. The number of nitrogens with zero attached hydrogens (tertiary/aromatic N) is 2. The lowest BCUT2D eigenvalue weighted by Gasteiger charge is -2.33. The van der Waals surface area contributed by atoms with E-state index in [-0.39, 0.29) is 24.6 Å². The molecular formula is C28H31BrClN3O4S. The summed E-state index contributed by atoms with van der Waals surface area (Å²) in [6.07, 6.45) is 2.04. The summed E-state index contributed by atoms with van der Waals surface area (Å²) in [5.41, 5.74) is 1.94. The summed E-state index contributed by atoms with van der Waals surface area (Å²) >= 11 is 9.58. The van der Waals surface area contributed by atoms with Crippen molar-refractivity contribution in [1.29, 1.82) is 0 Å². The summed E-state index contributed by atoms with van der Waals surface area (Å²) in [5, 5.41) is 3.26. The lowest BCUT2D eigenvalue weighted by molar-refractivity contribution is -0.140. The molecule has 202 valence electrons. The Kier molecular flexibility index (Phi) is 10.8. The quantitative estimate of drug-likeness (QED) is 0.308. The van der Waals surface area contributed by atoms with Crippen LogP contribution in [0, 0.1) is 0 Å². The third kappa shape index (κ3) is 8.58. The number of benzene rings is 3. The maximum absolute atomic E-state index is 14.0. The lowest BCUT2D eigenvalue weighted by Crippen LogP contribution is -2.53. The summed E-state index contributed by atoms with van der Waals surface area (Å²) in [5.74, 6) is -0.810. The molecule has 1 atom stereocenters. The van der Waals surface area contributed by atoms with Crippen LogP contribution < -0.4 is 9.62 Å². The van der Waals surface area contributed by atoms with Crippen LogP contribution in [0.3, 0.4) is 0 Å². The Balaban J connectivity index is 2.04. The molecule has 7 nitrogen and oxygen atoms in total. The van der Waals surface area contributed by atoms with Crippen LogP contribution in [-0.4, -0.2) is 50.5 Å². The zero-order chi connectivity index (χ0) is 27.7. The van der Waals surface area contributed by atoms with Gasteiger partial charge in [0.25, 0.3) is 0 Å². The van der Waals surface area contributed by atoms with Gasteiger partial charge in [0.1, 0.15) is 12.6 Å². The summed E-state index contributed by atoms with van der Waals surface area (Å²) in [6, 6.07) is 22.3. The van der Waals surface area contributed by atoms with Gasteiger partial charge in [-0.05, 0) is 47.9 Å². The van der Waals surface area contributed by atoms with E-state index in [1.54, 1.807) is 18.2 Å². The molecule has 0 aliphatic heterocycles. The highest BCUT2D eigenvalue weighted by atomic mass is 79.9. The molecular weight excluding hydrogens is 590 g/mol. The number of hydrogen-bond donors (Lipinski definition) is 1. The first kappa shape index (κ1) is 29.7. The van der Waals surface area contributed by atoms with Crippen molar-refractivity contribution >= 4 is 55.1 Å². The Bertz CT molecular complexity index is 1350. The lowest BCUT2D eigenvalue weighted by atomic mass is 10.0. The van der Waals surface area contributed by atoms with E-state index in [0.29, 0.717) is 11.6 Å². The van der Waals surface area contributed by atoms with Gasteiger partial charge in [0.05, 0.1) is 11.9 Å². The van der Waals surface area contributed by atoms with E-state index < -0.39 is 28.5 Å². The van der Waals surface area contributed by atoms with E-state index in [9.17, 15) is 18.0 Å². The fourth-order valence-corrected chi connectivity index (χ4v) is 5.47. The van der Waals surface area contributed by atoms with Gasteiger partial charge in [-0.3, -0.25) is 13.9 Å². The largest absolute Gasteiger partial charge is 0.354 e. The highest BCUT2D eigenvalue weighted by Gasteiger charge is 2.33. The standard InChI is InChI=1S/C28H31BrClN3O4S/c1-3-15-31-28(35)26(17-21-9-5-4-6-10-21)32(19-22-11-7-12-23(29)16-22)27(34)20-33(38(2,36)37)25-14-8-13-24(30)18-25/h4-14,16,18,26H,3,15,17,19-20H2,1-2H3,(H,31,35)/t26-/m1/s1. The molecule has 0 bridgehead atoms. The van der Waals surface area contributed by atoms with Crippen molar-refractivity contribution in [2.75, 3.05) is 23.7 Å². The number of anilines is 1. The normalized spacial score (nSPS) is 12.0. The fraction of sp³-hybridized carbons (Fsp3) is 0.286. The van der Waals surface area contributed by atoms with Gasteiger partial charge in [-0.15, -0.1) is 0 Å². The van der Waals surface area contributed by atoms with E-state index in [2.05, 4.69) is 21.2 Å². The molecule has 0 heterocycles. The second-order valence-corrected chi connectivity index (χ2v) is 12.2. The smallest absolute Gasteiger partial charge is 0.244 e. The number of carbonyl (C=O) groups is 2. The van der Waals surface area contributed by atoms with E-state index in [1.165, 1.54) is 11.0 Å². The van der Waals surface area contributed by atoms with Gasteiger partial charge in [0.2, 0.25) is 21.8 Å². The Labute approximate surface area is 238 Å². The highest BCUT2D eigenvalue weighted by Crippen LogP contribution is 2.23. The molecule has 0 aliphatic carbocycles. The Hall–Kier alpha value is -2.88. The minimum Gasteiger partial charge on any atom is -0.354 e. The van der Waals surface area contributed by atoms with Crippen molar-refractivity contribution in [3.63, 3.8) is 0 Å². The molecule has 0 unspecified atom stereocenters. The van der Waals surface area contributed by atoms with Gasteiger partial charge in [-0.2, -0.15) is 0 Å². The summed E-state index contributed by atoms with van der Waals surface area (Å²) in [6.45, 7) is 2.04. The van der Waals surface area contributed by atoms with E-state index in [4.69, 9.17) is 11.6 Å². The number of carbonyl (C=O) groups excluding carboxylic acids is 2. The van der Waals surface area contributed by atoms with Gasteiger partial charge in [-0.25, -0.2) is 8.42 Å². The summed E-state index contributed by atoms with van der Waals surface area (Å²) < 4.78 is 27.4. The van der Waals surface area contributed by atoms with Crippen LogP contribution in [0.5, 0.6) is 0 Å². The number of nitrogens with one attached hydrogen (secondary N) is 1. The molecule has 0 spiro atoms. The minimum atomic E-state index is -3.84. The monoisotopic (exact) mass is 619 g/mol. The molecule has 3 aromatic rings. The van der Waals surface area contributed by atoms with E-state index in [1.807, 2.05) is 61.5 Å². The molecule has 0 radical (unpaired) electrons. The number of halogens is 2. The zero-order valence-corrected chi connectivity index (χ0v) is 24.5. The van der Waals surface area contributed by atoms with Crippen LogP contribution in [-0.2, 0) is 32.6 Å². The number of amides is 2. The van der Waals surface area contributed by atoms with Crippen LogP contribution in [0.25, 0.3) is 0 Å². The maximum atomic E-state index is 14.0. The first-order chi connectivity index (χ1) is 18.1. The van der Waals surface area contributed by atoms with Crippen molar-refractivity contribution in [3.05, 3.63) is 99.5 Å². The Morgan fingerprint density at radius 1 is 0.974 bits per heavy atom. The third-order valence-corrected chi connectivity index (χ3v) is 7.71. The van der Waals surface area contributed by atoms with Gasteiger partial charge in [0.15, 0.2) is 0 Å². The SMILES string of the molecule is CCCNC(=O)[C@@H](Cc1ccccc1)N(Cc1cccc(Br)c1)C(=O)CN(c1cccc(Cl)c1)S(C)(=O)=O. The van der Waals surface area contributed by atoms with E-state index in [0.717, 1.165) is 32.6 Å². The third-order valence-electron chi connectivity index (χ3n) is 5.84. The number of sulfonamides is 1. The zero-order valence-electron chi connectivity index (χ0n) is 21.3. The number of hydrogen-bond acceptors (Lipinski definition) is 4. The molecule has 1 N–H and O–H groups in total. The second kappa shape index (κ2) is 13.8. The van der Waals surface area contributed by atoms with Gasteiger partial charge >= 0.3 is 0 Å². The van der Waals surface area contributed by atoms with Crippen molar-refractivity contribution < 1.29 is 18.0 Å². The molecule has 0 fully saturated rings. The Morgan fingerprint density at radius 3 is 2.29 bits per heavy atom. The molecule has 38 heavy (non-hydrogen) atoms. The van der Waals surface area contributed by atoms with Gasteiger partial charge < -0.3 is 10.2 Å². The topological polar surface area (TPSA) is 86.8 Å². The van der Waals surface area contributed by atoms with Crippen LogP contribution >= 0.6 is 27.5 Å². The summed E-state index contributed by atoms with van der Waals surface area (Å²) in [7, 11) is -3.84. The van der Waals surface area contributed by atoms with Crippen molar-refractivity contribution in [3.8, 4) is 0 Å². The molecule has 0 aromatic heterocycles. The fourth-order valence-electron chi connectivity index (χ4n) is 4.00. The van der Waals surface area contributed by atoms with Gasteiger partial charge in [0, 0.05) is 29.0 Å². The molecule has 0 saturated carbocycles. The molecule has 0 aliphatic rings.